The molecule has 2 rings (SSSR count). The summed E-state index contributed by atoms with van der Waals surface area (Å²) in [5, 5.41) is 4.96. The molecule has 24 heavy (non-hydrogen) atoms. The Labute approximate surface area is 138 Å². The van der Waals surface area contributed by atoms with Gasteiger partial charge in [-0.05, 0) is 45.9 Å². The molecule has 0 aromatic heterocycles. The van der Waals surface area contributed by atoms with Crippen molar-refractivity contribution >= 4 is 17.8 Å². The molecular weight excluding hydrogens is 320 g/mol. The SMILES string of the molecule is CC(C)(C)NC(=O)CN1C(=O)N[C@@](C)(c2cc(F)ccc2F)C1=O. The molecule has 0 radical (unpaired) electrons. The zero-order valence-electron chi connectivity index (χ0n) is 13.9. The van der Waals surface area contributed by atoms with Crippen molar-refractivity contribution in [3.63, 3.8) is 0 Å². The van der Waals surface area contributed by atoms with Crippen LogP contribution in [0.1, 0.15) is 33.3 Å². The molecule has 0 unspecified atom stereocenters. The van der Waals surface area contributed by atoms with Gasteiger partial charge >= 0.3 is 6.03 Å². The van der Waals surface area contributed by atoms with Crippen molar-refractivity contribution in [1.82, 2.24) is 15.5 Å². The van der Waals surface area contributed by atoms with E-state index >= 15 is 0 Å². The van der Waals surface area contributed by atoms with Crippen LogP contribution in [0.4, 0.5) is 13.6 Å². The highest BCUT2D eigenvalue weighted by molar-refractivity contribution is 6.09. The number of rotatable bonds is 3. The number of carbonyl (C=O) groups is 3. The topological polar surface area (TPSA) is 78.5 Å². The van der Waals surface area contributed by atoms with E-state index in [4.69, 9.17) is 0 Å². The molecule has 1 aliphatic heterocycles. The van der Waals surface area contributed by atoms with Crippen LogP contribution in [0.3, 0.4) is 0 Å². The number of benzene rings is 1. The summed E-state index contributed by atoms with van der Waals surface area (Å²) < 4.78 is 27.4. The van der Waals surface area contributed by atoms with Crippen molar-refractivity contribution in [3.05, 3.63) is 35.4 Å². The monoisotopic (exact) mass is 339 g/mol. The van der Waals surface area contributed by atoms with Crippen LogP contribution in [0.15, 0.2) is 18.2 Å². The zero-order valence-corrected chi connectivity index (χ0v) is 13.9. The lowest BCUT2D eigenvalue weighted by molar-refractivity contribution is -0.135. The lowest BCUT2D eigenvalue weighted by atomic mass is 9.91. The Bertz CT molecular complexity index is 715. The first-order chi connectivity index (χ1) is 10.9. The number of hydrogen-bond donors (Lipinski definition) is 2. The Morgan fingerprint density at radius 2 is 1.92 bits per heavy atom. The number of imide groups is 1. The summed E-state index contributed by atoms with van der Waals surface area (Å²) >= 11 is 0. The van der Waals surface area contributed by atoms with Crippen LogP contribution < -0.4 is 10.6 Å². The summed E-state index contributed by atoms with van der Waals surface area (Å²) in [7, 11) is 0. The third-order valence-corrected chi connectivity index (χ3v) is 3.56. The molecule has 0 aliphatic carbocycles. The minimum absolute atomic E-state index is 0.292. The average molecular weight is 339 g/mol. The van der Waals surface area contributed by atoms with Crippen molar-refractivity contribution in [3.8, 4) is 0 Å². The molecule has 0 saturated carbocycles. The number of carbonyl (C=O) groups excluding carboxylic acids is 3. The number of nitrogens with zero attached hydrogens (tertiary/aromatic N) is 1. The van der Waals surface area contributed by atoms with Crippen molar-refractivity contribution in [1.29, 1.82) is 0 Å². The number of nitrogens with one attached hydrogen (secondary N) is 2. The predicted octanol–water partition coefficient (Wildman–Crippen LogP) is 1.65. The number of urea groups is 1. The summed E-state index contributed by atoms with van der Waals surface area (Å²) in [6.45, 7) is 6.02. The maximum absolute atomic E-state index is 14.0. The van der Waals surface area contributed by atoms with Crippen molar-refractivity contribution in [2.24, 2.45) is 0 Å². The van der Waals surface area contributed by atoms with Crippen LogP contribution in [0.25, 0.3) is 0 Å². The van der Waals surface area contributed by atoms with E-state index < -0.39 is 47.1 Å². The molecule has 6 nitrogen and oxygen atoms in total. The first-order valence-electron chi connectivity index (χ1n) is 7.35. The van der Waals surface area contributed by atoms with Crippen molar-refractivity contribution in [2.45, 2.75) is 38.8 Å². The van der Waals surface area contributed by atoms with E-state index in [1.54, 1.807) is 20.8 Å². The third-order valence-electron chi connectivity index (χ3n) is 3.56. The molecule has 1 atom stereocenters. The fourth-order valence-electron chi connectivity index (χ4n) is 2.51. The Kier molecular flexibility index (Phi) is 4.34. The van der Waals surface area contributed by atoms with Gasteiger partial charge in [-0.25, -0.2) is 13.6 Å². The van der Waals surface area contributed by atoms with Gasteiger partial charge in [-0.2, -0.15) is 0 Å². The second-order valence-electron chi connectivity index (χ2n) is 6.87. The summed E-state index contributed by atoms with van der Waals surface area (Å²) in [5.41, 5.74) is -2.60. The fraction of sp³-hybridized carbons (Fsp3) is 0.438. The summed E-state index contributed by atoms with van der Waals surface area (Å²) in [6, 6.07) is 1.81. The fourth-order valence-corrected chi connectivity index (χ4v) is 2.51. The molecule has 1 aromatic carbocycles. The minimum atomic E-state index is -1.77. The lowest BCUT2D eigenvalue weighted by Gasteiger charge is -2.24. The molecular formula is C16H19F2N3O3. The Morgan fingerprint density at radius 1 is 1.29 bits per heavy atom. The Hall–Kier alpha value is -2.51. The largest absolute Gasteiger partial charge is 0.350 e. The van der Waals surface area contributed by atoms with Gasteiger partial charge in [0, 0.05) is 11.1 Å². The Morgan fingerprint density at radius 3 is 2.50 bits per heavy atom. The molecule has 1 aliphatic rings. The van der Waals surface area contributed by atoms with Crippen LogP contribution in [0.2, 0.25) is 0 Å². The van der Waals surface area contributed by atoms with Gasteiger partial charge in [0.1, 0.15) is 23.7 Å². The molecule has 1 fully saturated rings. The highest BCUT2D eigenvalue weighted by atomic mass is 19.1. The maximum Gasteiger partial charge on any atom is 0.325 e. The molecule has 0 spiro atoms. The second kappa shape index (κ2) is 5.85. The molecule has 8 heteroatoms. The Balaban J connectivity index is 2.28. The standard InChI is InChI=1S/C16H19F2N3O3/c1-15(2,3)19-12(22)8-21-13(23)16(4,20-14(21)24)10-7-9(17)5-6-11(10)18/h5-7H,8H2,1-4H3,(H,19,22)(H,20,24)/t16-/m0/s1. The number of halogens is 2. The first-order valence-corrected chi connectivity index (χ1v) is 7.35. The number of amides is 4. The zero-order chi connectivity index (χ0) is 18.3. The van der Waals surface area contributed by atoms with Gasteiger partial charge < -0.3 is 10.6 Å². The van der Waals surface area contributed by atoms with Crippen LogP contribution in [-0.2, 0) is 15.1 Å². The van der Waals surface area contributed by atoms with Crippen LogP contribution in [-0.4, -0.2) is 34.8 Å². The van der Waals surface area contributed by atoms with Crippen molar-refractivity contribution < 1.29 is 23.2 Å². The lowest BCUT2D eigenvalue weighted by Crippen LogP contribution is -2.48. The number of hydrogen-bond acceptors (Lipinski definition) is 3. The van der Waals surface area contributed by atoms with Crippen LogP contribution in [0.5, 0.6) is 0 Å². The van der Waals surface area contributed by atoms with E-state index in [1.165, 1.54) is 6.92 Å². The molecule has 130 valence electrons. The predicted molar refractivity (Wildman–Crippen MR) is 81.9 cm³/mol. The van der Waals surface area contributed by atoms with Gasteiger partial charge in [-0.1, -0.05) is 0 Å². The third kappa shape index (κ3) is 3.37. The van der Waals surface area contributed by atoms with Gasteiger partial charge in [0.2, 0.25) is 5.91 Å². The maximum atomic E-state index is 14.0. The summed E-state index contributed by atoms with van der Waals surface area (Å²) in [4.78, 5) is 37.3. The van der Waals surface area contributed by atoms with E-state index in [-0.39, 0.29) is 5.56 Å². The highest BCUT2D eigenvalue weighted by Crippen LogP contribution is 2.31. The van der Waals surface area contributed by atoms with Gasteiger partial charge in [0.05, 0.1) is 0 Å². The molecule has 1 saturated heterocycles. The van der Waals surface area contributed by atoms with E-state index in [9.17, 15) is 23.2 Å². The second-order valence-corrected chi connectivity index (χ2v) is 6.87. The molecule has 2 N–H and O–H groups in total. The average Bonchev–Trinajstić information content (AvgIpc) is 2.64. The van der Waals surface area contributed by atoms with E-state index in [0.29, 0.717) is 4.90 Å². The van der Waals surface area contributed by atoms with Gasteiger partial charge in [0.25, 0.3) is 5.91 Å². The molecule has 1 aromatic rings. The van der Waals surface area contributed by atoms with Crippen LogP contribution in [0, 0.1) is 11.6 Å². The van der Waals surface area contributed by atoms with E-state index in [0.717, 1.165) is 18.2 Å². The molecule has 4 amide bonds. The highest BCUT2D eigenvalue weighted by Gasteiger charge is 2.50. The van der Waals surface area contributed by atoms with E-state index in [2.05, 4.69) is 10.6 Å². The minimum Gasteiger partial charge on any atom is -0.350 e. The van der Waals surface area contributed by atoms with Gasteiger partial charge in [0.15, 0.2) is 0 Å². The normalized spacial score (nSPS) is 21.0. The summed E-state index contributed by atoms with van der Waals surface area (Å²) in [5.74, 6) is -2.91. The van der Waals surface area contributed by atoms with E-state index in [1.807, 2.05) is 0 Å². The first kappa shape index (κ1) is 17.8. The molecule has 1 heterocycles. The van der Waals surface area contributed by atoms with Crippen LogP contribution >= 0.6 is 0 Å². The van der Waals surface area contributed by atoms with Crippen molar-refractivity contribution in [2.75, 3.05) is 6.54 Å². The van der Waals surface area contributed by atoms with Gasteiger partial charge in [-0.3, -0.25) is 14.5 Å². The quantitative estimate of drug-likeness (QED) is 0.822. The smallest absolute Gasteiger partial charge is 0.325 e. The summed E-state index contributed by atoms with van der Waals surface area (Å²) in [6.07, 6.45) is 0. The van der Waals surface area contributed by atoms with Gasteiger partial charge in [-0.15, -0.1) is 0 Å². The molecule has 0 bridgehead atoms.